The second-order valence-corrected chi connectivity index (χ2v) is 10.5. The van der Waals surface area contributed by atoms with E-state index in [1.54, 1.807) is 30.0 Å². The molecule has 164 valence electrons. The highest BCUT2D eigenvalue weighted by atomic mass is 32.2. The van der Waals surface area contributed by atoms with Gasteiger partial charge in [-0.05, 0) is 62.8 Å². The Morgan fingerprint density at radius 3 is 2.52 bits per heavy atom. The molecule has 31 heavy (non-hydrogen) atoms. The molecule has 2 aromatic rings. The summed E-state index contributed by atoms with van der Waals surface area (Å²) in [6.45, 7) is 3.43. The van der Waals surface area contributed by atoms with Crippen LogP contribution in [0.1, 0.15) is 69.9 Å². The molecule has 7 nitrogen and oxygen atoms in total. The summed E-state index contributed by atoms with van der Waals surface area (Å²) in [6.07, 6.45) is 5.14. The highest BCUT2D eigenvalue weighted by Gasteiger charge is 2.34. The Morgan fingerprint density at radius 1 is 1.00 bits per heavy atom. The zero-order valence-electron chi connectivity index (χ0n) is 17.6. The minimum absolute atomic E-state index is 0.0392. The summed E-state index contributed by atoms with van der Waals surface area (Å²) < 4.78 is 33.3. The second kappa shape index (κ2) is 7.60. The van der Waals surface area contributed by atoms with Gasteiger partial charge in [-0.15, -0.1) is 0 Å². The minimum Gasteiger partial charge on any atom is -0.455 e. The van der Waals surface area contributed by atoms with Crippen LogP contribution in [0.3, 0.4) is 0 Å². The van der Waals surface area contributed by atoms with Crippen LogP contribution in [-0.2, 0) is 22.9 Å². The van der Waals surface area contributed by atoms with Crippen LogP contribution in [0.4, 0.5) is 5.69 Å². The SMILES string of the molecule is Cc1c(C(=O)N2CCCc3cc(S(=O)(=O)N4CCCC4)ccc32)oc2c1C(=O)CCC2. The third kappa shape index (κ3) is 3.32. The number of hydrogen-bond acceptors (Lipinski definition) is 5. The molecule has 0 spiro atoms. The van der Waals surface area contributed by atoms with E-state index in [1.807, 2.05) is 0 Å². The van der Waals surface area contributed by atoms with Crippen LogP contribution in [0.5, 0.6) is 0 Å². The molecule has 2 aliphatic heterocycles. The molecule has 0 unspecified atom stereocenters. The maximum absolute atomic E-state index is 13.4. The van der Waals surface area contributed by atoms with Gasteiger partial charge in [0.25, 0.3) is 5.91 Å². The van der Waals surface area contributed by atoms with E-state index >= 15 is 0 Å². The van der Waals surface area contributed by atoms with E-state index in [4.69, 9.17) is 4.42 Å². The van der Waals surface area contributed by atoms with Gasteiger partial charge in [0, 0.05) is 43.7 Å². The largest absolute Gasteiger partial charge is 0.455 e. The second-order valence-electron chi connectivity index (χ2n) is 8.59. The van der Waals surface area contributed by atoms with Crippen molar-refractivity contribution < 1.29 is 22.4 Å². The number of carbonyl (C=O) groups is 2. The number of hydrogen-bond donors (Lipinski definition) is 0. The van der Waals surface area contributed by atoms with E-state index in [2.05, 4.69) is 0 Å². The topological polar surface area (TPSA) is 87.9 Å². The van der Waals surface area contributed by atoms with Gasteiger partial charge in [0.1, 0.15) is 5.76 Å². The molecule has 3 heterocycles. The number of aryl methyl sites for hydroxylation is 2. The third-order valence-corrected chi connectivity index (χ3v) is 8.51. The van der Waals surface area contributed by atoms with Crippen molar-refractivity contribution in [2.75, 3.05) is 24.5 Å². The van der Waals surface area contributed by atoms with E-state index in [0.29, 0.717) is 55.8 Å². The molecule has 1 aliphatic carbocycles. The Balaban J connectivity index is 1.49. The molecule has 1 fully saturated rings. The molecule has 0 saturated carbocycles. The van der Waals surface area contributed by atoms with Gasteiger partial charge < -0.3 is 9.32 Å². The molecule has 1 aromatic heterocycles. The number of furan rings is 1. The zero-order chi connectivity index (χ0) is 21.8. The number of Topliss-reactive ketones (excluding diaryl/α,β-unsaturated/α-hetero) is 1. The average Bonchev–Trinajstić information content (AvgIpc) is 3.42. The molecule has 3 aliphatic rings. The standard InChI is InChI=1S/C23H26N2O5S/c1-15-21-19(26)7-4-8-20(21)30-22(15)23(27)25-13-5-6-16-14-17(9-10-18(16)25)31(28,29)24-11-2-3-12-24/h9-10,14H,2-8,11-13H2,1H3. The molecule has 8 heteroatoms. The quantitative estimate of drug-likeness (QED) is 0.726. The Kier molecular flexibility index (Phi) is 5.01. The molecular formula is C23H26N2O5S. The summed E-state index contributed by atoms with van der Waals surface area (Å²) in [5.41, 5.74) is 2.76. The number of carbonyl (C=O) groups excluding carboxylic acids is 2. The molecule has 1 saturated heterocycles. The number of fused-ring (bicyclic) bond motifs is 2. The molecule has 1 amide bonds. The fourth-order valence-electron chi connectivity index (χ4n) is 5.00. The fraction of sp³-hybridized carbons (Fsp3) is 0.478. The molecule has 0 bridgehead atoms. The monoisotopic (exact) mass is 442 g/mol. The lowest BCUT2D eigenvalue weighted by Crippen LogP contribution is -2.36. The van der Waals surface area contributed by atoms with Crippen LogP contribution in [0.2, 0.25) is 0 Å². The summed E-state index contributed by atoms with van der Waals surface area (Å²) in [4.78, 5) is 27.7. The van der Waals surface area contributed by atoms with Gasteiger partial charge in [0.05, 0.1) is 10.5 Å². The molecule has 0 N–H and O–H groups in total. The van der Waals surface area contributed by atoms with Crippen LogP contribution >= 0.6 is 0 Å². The molecule has 0 radical (unpaired) electrons. The average molecular weight is 443 g/mol. The van der Waals surface area contributed by atoms with Crippen LogP contribution < -0.4 is 4.90 Å². The number of ketones is 1. The Bertz CT molecular complexity index is 1170. The number of benzene rings is 1. The fourth-order valence-corrected chi connectivity index (χ4v) is 6.57. The third-order valence-electron chi connectivity index (χ3n) is 6.62. The van der Waals surface area contributed by atoms with Crippen LogP contribution in [0.25, 0.3) is 0 Å². The summed E-state index contributed by atoms with van der Waals surface area (Å²) in [6, 6.07) is 5.05. The van der Waals surface area contributed by atoms with Crippen LogP contribution in [0.15, 0.2) is 27.5 Å². The lowest BCUT2D eigenvalue weighted by molar-refractivity contribution is 0.0947. The summed E-state index contributed by atoms with van der Waals surface area (Å²) in [5, 5.41) is 0. The van der Waals surface area contributed by atoms with Crippen molar-refractivity contribution in [3.63, 3.8) is 0 Å². The van der Waals surface area contributed by atoms with E-state index < -0.39 is 10.0 Å². The molecule has 1 aromatic carbocycles. The van der Waals surface area contributed by atoms with Crippen LogP contribution in [0, 0.1) is 6.92 Å². The van der Waals surface area contributed by atoms with Crippen molar-refractivity contribution in [1.29, 1.82) is 0 Å². The maximum atomic E-state index is 13.4. The first-order chi connectivity index (χ1) is 14.9. The molecular weight excluding hydrogens is 416 g/mol. The van der Waals surface area contributed by atoms with Gasteiger partial charge in [-0.1, -0.05) is 0 Å². The van der Waals surface area contributed by atoms with E-state index in [-0.39, 0.29) is 22.3 Å². The smallest absolute Gasteiger partial charge is 0.294 e. The van der Waals surface area contributed by atoms with Crippen molar-refractivity contribution >= 4 is 27.4 Å². The molecule has 0 atom stereocenters. The number of anilines is 1. The van der Waals surface area contributed by atoms with E-state index in [1.165, 1.54) is 4.31 Å². The summed E-state index contributed by atoms with van der Waals surface area (Å²) in [7, 11) is -3.50. The zero-order valence-corrected chi connectivity index (χ0v) is 18.5. The van der Waals surface area contributed by atoms with Gasteiger partial charge in [0.2, 0.25) is 10.0 Å². The lowest BCUT2D eigenvalue weighted by atomic mass is 9.93. The van der Waals surface area contributed by atoms with Crippen molar-refractivity contribution in [2.24, 2.45) is 0 Å². The van der Waals surface area contributed by atoms with Crippen molar-refractivity contribution in [3.05, 3.63) is 46.4 Å². The van der Waals surface area contributed by atoms with Gasteiger partial charge in [-0.2, -0.15) is 4.31 Å². The highest BCUT2D eigenvalue weighted by Crippen LogP contribution is 2.35. The molecule has 5 rings (SSSR count). The number of amides is 1. The van der Waals surface area contributed by atoms with Gasteiger partial charge in [0.15, 0.2) is 11.5 Å². The highest BCUT2D eigenvalue weighted by molar-refractivity contribution is 7.89. The first kappa shape index (κ1) is 20.5. The Hall–Kier alpha value is -2.45. The van der Waals surface area contributed by atoms with E-state index in [0.717, 1.165) is 36.9 Å². The van der Waals surface area contributed by atoms with Gasteiger partial charge >= 0.3 is 0 Å². The van der Waals surface area contributed by atoms with Gasteiger partial charge in [-0.3, -0.25) is 9.59 Å². The first-order valence-electron chi connectivity index (χ1n) is 11.0. The van der Waals surface area contributed by atoms with Crippen molar-refractivity contribution in [3.8, 4) is 0 Å². The normalized spacial score (nSPS) is 19.4. The number of rotatable bonds is 3. The van der Waals surface area contributed by atoms with Gasteiger partial charge in [-0.25, -0.2) is 8.42 Å². The van der Waals surface area contributed by atoms with Crippen LogP contribution in [-0.4, -0.2) is 44.0 Å². The van der Waals surface area contributed by atoms with Crippen molar-refractivity contribution in [1.82, 2.24) is 4.31 Å². The number of sulfonamides is 1. The minimum atomic E-state index is -3.50. The first-order valence-corrected chi connectivity index (χ1v) is 12.4. The maximum Gasteiger partial charge on any atom is 0.294 e. The summed E-state index contributed by atoms with van der Waals surface area (Å²) in [5.74, 6) is 0.608. The Morgan fingerprint density at radius 2 is 1.77 bits per heavy atom. The number of nitrogens with zero attached hydrogens (tertiary/aromatic N) is 2. The summed E-state index contributed by atoms with van der Waals surface area (Å²) >= 11 is 0. The lowest BCUT2D eigenvalue weighted by Gasteiger charge is -2.29. The Labute approximate surface area is 182 Å². The predicted molar refractivity (Wildman–Crippen MR) is 115 cm³/mol. The van der Waals surface area contributed by atoms with Crippen molar-refractivity contribution in [2.45, 2.75) is 56.8 Å². The predicted octanol–water partition coefficient (Wildman–Crippen LogP) is 3.48. The van der Waals surface area contributed by atoms with E-state index in [9.17, 15) is 18.0 Å².